The molecule has 21 heavy (non-hydrogen) atoms. The van der Waals surface area contributed by atoms with Crippen LogP contribution >= 0.6 is 0 Å². The molecule has 0 bridgehead atoms. The minimum absolute atomic E-state index is 0.0357. The van der Waals surface area contributed by atoms with Gasteiger partial charge in [-0.15, -0.1) is 0 Å². The Balaban J connectivity index is 1.79. The molecule has 3 heteroatoms. The van der Waals surface area contributed by atoms with E-state index in [1.54, 1.807) is 29.2 Å². The minimum atomic E-state index is -0.275. The normalized spacial score (nSPS) is 14.2. The van der Waals surface area contributed by atoms with Gasteiger partial charge in [-0.2, -0.15) is 0 Å². The van der Waals surface area contributed by atoms with Crippen LogP contribution in [-0.2, 0) is 11.2 Å². The molecule has 0 saturated carbocycles. The van der Waals surface area contributed by atoms with Crippen molar-refractivity contribution >= 4 is 17.7 Å². The van der Waals surface area contributed by atoms with Crippen molar-refractivity contribution in [3.8, 4) is 0 Å². The van der Waals surface area contributed by atoms with Crippen LogP contribution in [0, 0.1) is 5.82 Å². The number of rotatable bonds is 2. The lowest BCUT2D eigenvalue weighted by Crippen LogP contribution is -2.34. The first kappa shape index (κ1) is 13.6. The Morgan fingerprint density at radius 1 is 1.10 bits per heavy atom. The second-order valence-corrected chi connectivity index (χ2v) is 5.11. The van der Waals surface area contributed by atoms with Crippen molar-refractivity contribution in [3.05, 3.63) is 71.6 Å². The molecule has 1 heterocycles. The van der Waals surface area contributed by atoms with Gasteiger partial charge in [-0.1, -0.05) is 30.3 Å². The van der Waals surface area contributed by atoms with Crippen LogP contribution in [0.2, 0.25) is 0 Å². The average molecular weight is 281 g/mol. The summed E-state index contributed by atoms with van der Waals surface area (Å²) in [6, 6.07) is 14.1. The van der Waals surface area contributed by atoms with Gasteiger partial charge in [-0.25, -0.2) is 4.39 Å². The van der Waals surface area contributed by atoms with Gasteiger partial charge in [0.1, 0.15) is 5.82 Å². The van der Waals surface area contributed by atoms with Crippen LogP contribution in [0.3, 0.4) is 0 Å². The van der Waals surface area contributed by atoms with E-state index in [2.05, 4.69) is 6.07 Å². The van der Waals surface area contributed by atoms with Crippen molar-refractivity contribution in [2.45, 2.75) is 12.8 Å². The maximum absolute atomic E-state index is 12.8. The zero-order chi connectivity index (χ0) is 14.7. The van der Waals surface area contributed by atoms with Gasteiger partial charge >= 0.3 is 0 Å². The number of carbonyl (C=O) groups is 1. The Kier molecular flexibility index (Phi) is 3.82. The van der Waals surface area contributed by atoms with E-state index in [9.17, 15) is 9.18 Å². The average Bonchev–Trinajstić information content (AvgIpc) is 2.53. The molecule has 0 N–H and O–H groups in total. The van der Waals surface area contributed by atoms with E-state index in [1.807, 2.05) is 18.2 Å². The molecule has 3 rings (SSSR count). The molecule has 0 spiro atoms. The Morgan fingerprint density at radius 2 is 1.86 bits per heavy atom. The van der Waals surface area contributed by atoms with E-state index < -0.39 is 0 Å². The van der Waals surface area contributed by atoms with Gasteiger partial charge in [0.2, 0.25) is 0 Å². The smallest absolute Gasteiger partial charge is 0.250 e. The van der Waals surface area contributed by atoms with Crippen LogP contribution in [0.4, 0.5) is 10.1 Å². The molecular formula is C18H16FNO. The number of halogens is 1. The lowest BCUT2D eigenvalue weighted by atomic mass is 10.0. The standard InChI is InChI=1S/C18H16FNO/c19-16-10-7-14(8-11-16)9-12-18(21)20-13-3-5-15-4-1-2-6-17(15)20/h1-2,4,6-12H,3,5,13H2. The molecule has 1 amide bonds. The highest BCUT2D eigenvalue weighted by Crippen LogP contribution is 2.26. The molecular weight excluding hydrogens is 265 g/mol. The molecule has 0 saturated heterocycles. The van der Waals surface area contributed by atoms with Crippen LogP contribution in [0.5, 0.6) is 0 Å². The summed E-state index contributed by atoms with van der Waals surface area (Å²) in [4.78, 5) is 14.2. The summed E-state index contributed by atoms with van der Waals surface area (Å²) in [5, 5.41) is 0. The zero-order valence-corrected chi connectivity index (χ0v) is 11.6. The Labute approximate surface area is 123 Å². The summed E-state index contributed by atoms with van der Waals surface area (Å²) in [6.07, 6.45) is 5.27. The largest absolute Gasteiger partial charge is 0.309 e. The first-order valence-electron chi connectivity index (χ1n) is 7.07. The third-order valence-electron chi connectivity index (χ3n) is 3.66. The van der Waals surface area contributed by atoms with E-state index in [1.165, 1.54) is 17.7 Å². The van der Waals surface area contributed by atoms with Crippen LogP contribution in [-0.4, -0.2) is 12.5 Å². The maximum Gasteiger partial charge on any atom is 0.250 e. The Bertz CT molecular complexity index is 676. The molecule has 0 aliphatic carbocycles. The van der Waals surface area contributed by atoms with Gasteiger partial charge in [-0.05, 0) is 48.2 Å². The van der Waals surface area contributed by atoms with Crippen LogP contribution in [0.1, 0.15) is 17.5 Å². The third-order valence-corrected chi connectivity index (χ3v) is 3.66. The summed E-state index contributed by atoms with van der Waals surface area (Å²) in [5.41, 5.74) is 3.03. The number of hydrogen-bond donors (Lipinski definition) is 0. The van der Waals surface area contributed by atoms with Crippen molar-refractivity contribution in [1.29, 1.82) is 0 Å². The molecule has 2 aromatic carbocycles. The quantitative estimate of drug-likeness (QED) is 0.766. The Morgan fingerprint density at radius 3 is 2.67 bits per heavy atom. The molecule has 1 aliphatic heterocycles. The highest BCUT2D eigenvalue weighted by atomic mass is 19.1. The first-order valence-corrected chi connectivity index (χ1v) is 7.07. The highest BCUT2D eigenvalue weighted by Gasteiger charge is 2.20. The molecule has 0 fully saturated rings. The van der Waals surface area contributed by atoms with Crippen LogP contribution in [0.25, 0.3) is 6.08 Å². The van der Waals surface area contributed by atoms with Gasteiger partial charge in [0.15, 0.2) is 0 Å². The molecule has 2 aromatic rings. The number of amides is 1. The van der Waals surface area contributed by atoms with Crippen molar-refractivity contribution in [2.24, 2.45) is 0 Å². The maximum atomic E-state index is 12.8. The van der Waals surface area contributed by atoms with Gasteiger partial charge < -0.3 is 4.90 Å². The molecule has 106 valence electrons. The molecule has 1 aliphatic rings. The van der Waals surface area contributed by atoms with Gasteiger partial charge in [0.05, 0.1) is 0 Å². The van der Waals surface area contributed by atoms with Crippen molar-refractivity contribution in [1.82, 2.24) is 0 Å². The van der Waals surface area contributed by atoms with E-state index >= 15 is 0 Å². The predicted octanol–water partition coefficient (Wildman–Crippen LogP) is 3.82. The fourth-order valence-corrected chi connectivity index (χ4v) is 2.59. The lowest BCUT2D eigenvalue weighted by Gasteiger charge is -2.28. The van der Waals surface area contributed by atoms with Crippen molar-refractivity contribution in [3.63, 3.8) is 0 Å². The molecule has 0 atom stereocenters. The first-order chi connectivity index (χ1) is 10.2. The van der Waals surface area contributed by atoms with Crippen LogP contribution in [0.15, 0.2) is 54.6 Å². The highest BCUT2D eigenvalue weighted by molar-refractivity contribution is 6.04. The number of benzene rings is 2. The summed E-state index contributed by atoms with van der Waals surface area (Å²) >= 11 is 0. The number of anilines is 1. The number of fused-ring (bicyclic) bond motifs is 1. The SMILES string of the molecule is O=C(C=Cc1ccc(F)cc1)N1CCCc2ccccc21. The number of nitrogens with zero attached hydrogens (tertiary/aromatic N) is 1. The van der Waals surface area contributed by atoms with Gasteiger partial charge in [0, 0.05) is 18.3 Å². The second kappa shape index (κ2) is 5.92. The van der Waals surface area contributed by atoms with E-state index in [4.69, 9.17) is 0 Å². The second-order valence-electron chi connectivity index (χ2n) is 5.11. The minimum Gasteiger partial charge on any atom is -0.309 e. The summed E-state index contributed by atoms with van der Waals surface area (Å²) in [7, 11) is 0. The number of hydrogen-bond acceptors (Lipinski definition) is 1. The fourth-order valence-electron chi connectivity index (χ4n) is 2.59. The van der Waals surface area contributed by atoms with E-state index in [-0.39, 0.29) is 11.7 Å². The monoisotopic (exact) mass is 281 g/mol. The van der Waals surface area contributed by atoms with E-state index in [0.717, 1.165) is 30.6 Å². The fraction of sp³-hybridized carbons (Fsp3) is 0.167. The van der Waals surface area contributed by atoms with Crippen molar-refractivity contribution < 1.29 is 9.18 Å². The zero-order valence-electron chi connectivity index (χ0n) is 11.6. The molecule has 2 nitrogen and oxygen atoms in total. The van der Waals surface area contributed by atoms with Crippen LogP contribution < -0.4 is 4.90 Å². The molecule has 0 aromatic heterocycles. The van der Waals surface area contributed by atoms with Crippen molar-refractivity contribution in [2.75, 3.05) is 11.4 Å². The van der Waals surface area contributed by atoms with Gasteiger partial charge in [0.25, 0.3) is 5.91 Å². The van der Waals surface area contributed by atoms with Gasteiger partial charge in [-0.3, -0.25) is 4.79 Å². The molecule has 0 unspecified atom stereocenters. The lowest BCUT2D eigenvalue weighted by molar-refractivity contribution is -0.114. The summed E-state index contributed by atoms with van der Waals surface area (Å²) in [5.74, 6) is -0.310. The Hall–Kier alpha value is -2.42. The third kappa shape index (κ3) is 3.02. The summed E-state index contributed by atoms with van der Waals surface area (Å²) in [6.45, 7) is 0.740. The molecule has 0 radical (unpaired) electrons. The number of carbonyl (C=O) groups excluding carboxylic acids is 1. The number of para-hydroxylation sites is 1. The topological polar surface area (TPSA) is 20.3 Å². The summed E-state index contributed by atoms with van der Waals surface area (Å²) < 4.78 is 12.8. The predicted molar refractivity (Wildman–Crippen MR) is 82.6 cm³/mol. The van der Waals surface area contributed by atoms with E-state index in [0.29, 0.717) is 0 Å². The number of aryl methyl sites for hydroxylation is 1.